The molecule has 0 saturated heterocycles. The predicted octanol–water partition coefficient (Wildman–Crippen LogP) is 0.996. The second-order valence-corrected chi connectivity index (χ2v) is 3.61. The Morgan fingerprint density at radius 3 is 2.81 bits per heavy atom. The molecule has 0 aliphatic rings. The molecule has 1 aromatic rings. The van der Waals surface area contributed by atoms with Crippen molar-refractivity contribution in [2.75, 3.05) is 0 Å². The molecule has 0 aliphatic heterocycles. The zero-order valence-electron chi connectivity index (χ0n) is 9.02. The van der Waals surface area contributed by atoms with E-state index < -0.39 is 11.9 Å². The van der Waals surface area contributed by atoms with Crippen molar-refractivity contribution in [3.63, 3.8) is 0 Å². The Kier molecular flexibility index (Phi) is 4.08. The molecule has 0 spiro atoms. The Morgan fingerprint density at radius 2 is 2.25 bits per heavy atom. The number of carbonyl (C=O) groups excluding carboxylic acids is 1. The average molecular weight is 220 g/mol. The first-order valence-electron chi connectivity index (χ1n) is 5.01. The van der Waals surface area contributed by atoms with Crippen molar-refractivity contribution in [3.8, 4) is 5.75 Å². The number of rotatable bonds is 5. The minimum atomic E-state index is -0.487. The van der Waals surface area contributed by atoms with Crippen molar-refractivity contribution in [2.45, 2.75) is 18.9 Å². The highest BCUT2D eigenvalue weighted by molar-refractivity contribution is 5.74. The number of phenols is 1. The van der Waals surface area contributed by atoms with Crippen LogP contribution in [0.3, 0.4) is 0 Å². The molecule has 0 saturated carbocycles. The van der Waals surface area contributed by atoms with Gasteiger partial charge in [0, 0.05) is 18.0 Å². The lowest BCUT2D eigenvalue weighted by atomic mass is 9.95. The second kappa shape index (κ2) is 5.32. The van der Waals surface area contributed by atoms with Gasteiger partial charge in [-0.15, -0.1) is 6.58 Å². The van der Waals surface area contributed by atoms with E-state index in [-0.39, 0.29) is 12.2 Å². The number of phenolic OH excluding ortho intramolecular Hbond substituents is 1. The molecule has 5 N–H and O–H groups in total. The quantitative estimate of drug-likeness (QED) is 0.646. The third-order valence-electron chi connectivity index (χ3n) is 2.36. The summed E-state index contributed by atoms with van der Waals surface area (Å²) in [5.74, 6) is -0.294. The van der Waals surface area contributed by atoms with Crippen molar-refractivity contribution in [1.82, 2.24) is 0 Å². The van der Waals surface area contributed by atoms with Crippen molar-refractivity contribution < 1.29 is 9.90 Å². The van der Waals surface area contributed by atoms with E-state index in [1.807, 2.05) is 0 Å². The molecule has 1 rings (SSSR count). The Bertz CT molecular complexity index is 402. The summed E-state index contributed by atoms with van der Waals surface area (Å²) >= 11 is 0. The summed E-state index contributed by atoms with van der Waals surface area (Å²) in [5, 5.41) is 9.69. The van der Waals surface area contributed by atoms with E-state index in [1.54, 1.807) is 24.3 Å². The number of allylic oxidation sites excluding steroid dienone is 1. The molecule has 0 radical (unpaired) electrons. The Morgan fingerprint density at radius 1 is 1.56 bits per heavy atom. The summed E-state index contributed by atoms with van der Waals surface area (Å²) in [4.78, 5) is 10.8. The van der Waals surface area contributed by atoms with Gasteiger partial charge in [0.05, 0.1) is 0 Å². The van der Waals surface area contributed by atoms with Crippen molar-refractivity contribution in [1.29, 1.82) is 0 Å². The largest absolute Gasteiger partial charge is 0.508 e. The number of amides is 1. The fourth-order valence-corrected chi connectivity index (χ4v) is 1.63. The normalized spacial score (nSPS) is 12.1. The topological polar surface area (TPSA) is 89.3 Å². The predicted molar refractivity (Wildman–Crippen MR) is 62.7 cm³/mol. The van der Waals surface area contributed by atoms with Gasteiger partial charge in [0.15, 0.2) is 0 Å². The molecule has 0 aromatic heterocycles. The van der Waals surface area contributed by atoms with Crippen LogP contribution in [0.15, 0.2) is 30.9 Å². The highest BCUT2D eigenvalue weighted by atomic mass is 16.3. The zero-order chi connectivity index (χ0) is 12.1. The lowest BCUT2D eigenvalue weighted by Gasteiger charge is -2.15. The number of hydrogen-bond acceptors (Lipinski definition) is 3. The molecule has 16 heavy (non-hydrogen) atoms. The van der Waals surface area contributed by atoms with Gasteiger partial charge in [-0.3, -0.25) is 4.79 Å². The Labute approximate surface area is 94.6 Å². The molecule has 1 atom stereocenters. The van der Waals surface area contributed by atoms with Crippen LogP contribution in [-0.4, -0.2) is 11.0 Å². The molecule has 86 valence electrons. The first-order chi connectivity index (χ1) is 7.56. The van der Waals surface area contributed by atoms with Crippen LogP contribution in [0.2, 0.25) is 0 Å². The number of aromatic hydroxyl groups is 1. The Balaban J connectivity index is 3.06. The average Bonchev–Trinajstić information content (AvgIpc) is 2.20. The molecular weight excluding hydrogens is 204 g/mol. The number of benzene rings is 1. The molecule has 1 unspecified atom stereocenters. The van der Waals surface area contributed by atoms with E-state index in [4.69, 9.17) is 11.5 Å². The van der Waals surface area contributed by atoms with Gasteiger partial charge in [0.1, 0.15) is 5.75 Å². The van der Waals surface area contributed by atoms with Gasteiger partial charge in [0.25, 0.3) is 0 Å². The van der Waals surface area contributed by atoms with Gasteiger partial charge < -0.3 is 16.6 Å². The fraction of sp³-hybridized carbons (Fsp3) is 0.250. The zero-order valence-corrected chi connectivity index (χ0v) is 9.02. The molecule has 0 bridgehead atoms. The van der Waals surface area contributed by atoms with E-state index in [0.29, 0.717) is 12.0 Å². The SMILES string of the molecule is C=CCc1c(O)cccc1C(N)CC(N)=O. The third-order valence-corrected chi connectivity index (χ3v) is 2.36. The van der Waals surface area contributed by atoms with Gasteiger partial charge in [-0.2, -0.15) is 0 Å². The lowest BCUT2D eigenvalue weighted by molar-refractivity contribution is -0.118. The van der Waals surface area contributed by atoms with Crippen LogP contribution in [0.25, 0.3) is 0 Å². The number of primary amides is 1. The maximum atomic E-state index is 10.8. The van der Waals surface area contributed by atoms with Crippen LogP contribution < -0.4 is 11.5 Å². The van der Waals surface area contributed by atoms with Crippen LogP contribution in [0.1, 0.15) is 23.6 Å². The molecule has 4 nitrogen and oxygen atoms in total. The van der Waals surface area contributed by atoms with Crippen LogP contribution in [0, 0.1) is 0 Å². The van der Waals surface area contributed by atoms with Crippen molar-refractivity contribution in [3.05, 3.63) is 42.0 Å². The van der Waals surface area contributed by atoms with E-state index in [2.05, 4.69) is 6.58 Å². The van der Waals surface area contributed by atoms with Crippen LogP contribution in [0.4, 0.5) is 0 Å². The van der Waals surface area contributed by atoms with Crippen LogP contribution >= 0.6 is 0 Å². The first-order valence-corrected chi connectivity index (χ1v) is 5.01. The minimum absolute atomic E-state index is 0.0631. The lowest BCUT2D eigenvalue weighted by Crippen LogP contribution is -2.21. The van der Waals surface area contributed by atoms with Gasteiger partial charge in [-0.05, 0) is 18.1 Å². The standard InChI is InChI=1S/C12H16N2O2/c1-2-4-9-8(5-3-6-11(9)15)10(13)7-12(14)16/h2-3,5-6,10,15H,1,4,7,13H2,(H2,14,16). The summed E-state index contributed by atoms with van der Waals surface area (Å²) in [6, 6.07) is 4.57. The monoisotopic (exact) mass is 220 g/mol. The van der Waals surface area contributed by atoms with Crippen molar-refractivity contribution in [2.24, 2.45) is 11.5 Å². The highest BCUT2D eigenvalue weighted by Crippen LogP contribution is 2.27. The van der Waals surface area contributed by atoms with E-state index in [9.17, 15) is 9.90 Å². The first kappa shape index (κ1) is 12.3. The third kappa shape index (κ3) is 2.84. The summed E-state index contributed by atoms with van der Waals surface area (Å²) < 4.78 is 0. The maximum absolute atomic E-state index is 10.8. The summed E-state index contributed by atoms with van der Waals surface area (Å²) in [5.41, 5.74) is 12.4. The van der Waals surface area contributed by atoms with Crippen molar-refractivity contribution >= 4 is 5.91 Å². The van der Waals surface area contributed by atoms with E-state index in [1.165, 1.54) is 0 Å². The fourth-order valence-electron chi connectivity index (χ4n) is 1.63. The minimum Gasteiger partial charge on any atom is -0.508 e. The smallest absolute Gasteiger partial charge is 0.219 e. The molecule has 0 heterocycles. The van der Waals surface area contributed by atoms with E-state index >= 15 is 0 Å². The highest BCUT2D eigenvalue weighted by Gasteiger charge is 2.15. The second-order valence-electron chi connectivity index (χ2n) is 3.61. The molecule has 0 fully saturated rings. The number of carbonyl (C=O) groups is 1. The molecular formula is C12H16N2O2. The summed E-state index contributed by atoms with van der Waals surface area (Å²) in [6.07, 6.45) is 2.25. The summed E-state index contributed by atoms with van der Waals surface area (Å²) in [6.45, 7) is 3.61. The van der Waals surface area contributed by atoms with Crippen LogP contribution in [0.5, 0.6) is 5.75 Å². The van der Waals surface area contributed by atoms with Gasteiger partial charge in [0.2, 0.25) is 5.91 Å². The summed E-state index contributed by atoms with van der Waals surface area (Å²) in [7, 11) is 0. The maximum Gasteiger partial charge on any atom is 0.219 e. The number of hydrogen-bond donors (Lipinski definition) is 3. The molecule has 4 heteroatoms. The van der Waals surface area contributed by atoms with Crippen LogP contribution in [-0.2, 0) is 11.2 Å². The molecule has 1 aromatic carbocycles. The molecule has 0 aliphatic carbocycles. The number of nitrogens with two attached hydrogens (primary N) is 2. The van der Waals surface area contributed by atoms with E-state index in [0.717, 1.165) is 5.56 Å². The van der Waals surface area contributed by atoms with Gasteiger partial charge >= 0.3 is 0 Å². The molecule has 1 amide bonds. The van der Waals surface area contributed by atoms with Gasteiger partial charge in [-0.1, -0.05) is 18.2 Å². The Hall–Kier alpha value is -1.81. The van der Waals surface area contributed by atoms with Gasteiger partial charge in [-0.25, -0.2) is 0 Å².